The fourth-order valence-electron chi connectivity index (χ4n) is 3.05. The lowest BCUT2D eigenvalue weighted by molar-refractivity contribution is -0.139. The zero-order valence-electron chi connectivity index (χ0n) is 13.8. The summed E-state index contributed by atoms with van der Waals surface area (Å²) in [5, 5.41) is 0. The molecule has 0 radical (unpaired) electrons. The molecular formula is C19H18BrFN2O2. The van der Waals surface area contributed by atoms with Crippen molar-refractivity contribution in [1.82, 2.24) is 4.90 Å². The number of carbonyl (C=O) groups is 2. The van der Waals surface area contributed by atoms with Crippen molar-refractivity contribution in [2.75, 3.05) is 18.5 Å². The summed E-state index contributed by atoms with van der Waals surface area (Å²) in [4.78, 5) is 28.2. The Bertz CT molecular complexity index is 797. The quantitative estimate of drug-likeness (QED) is 0.730. The maximum atomic E-state index is 14.1. The summed E-state index contributed by atoms with van der Waals surface area (Å²) >= 11 is 3.20. The normalized spacial score (nSPS) is 17.0. The molecule has 3 rings (SSSR count). The summed E-state index contributed by atoms with van der Waals surface area (Å²) in [6, 6.07) is 14.2. The van der Waals surface area contributed by atoms with Crippen molar-refractivity contribution < 1.29 is 14.0 Å². The molecule has 1 heterocycles. The van der Waals surface area contributed by atoms with E-state index in [1.54, 1.807) is 24.1 Å². The van der Waals surface area contributed by atoms with Crippen LogP contribution in [0.4, 0.5) is 10.1 Å². The van der Waals surface area contributed by atoms with E-state index in [9.17, 15) is 14.0 Å². The predicted octanol–water partition coefficient (Wildman–Crippen LogP) is 3.60. The molecule has 25 heavy (non-hydrogen) atoms. The molecule has 0 aromatic heterocycles. The molecule has 1 aliphatic heterocycles. The Labute approximate surface area is 154 Å². The maximum Gasteiger partial charge on any atom is 0.239 e. The molecule has 0 N–H and O–H groups in total. The Balaban J connectivity index is 1.71. The molecule has 6 heteroatoms. The first-order valence-corrected chi connectivity index (χ1v) is 8.82. The van der Waals surface area contributed by atoms with Crippen LogP contribution in [-0.2, 0) is 16.1 Å². The molecule has 4 nitrogen and oxygen atoms in total. The van der Waals surface area contributed by atoms with Gasteiger partial charge in [-0.05, 0) is 30.2 Å². The van der Waals surface area contributed by atoms with Crippen LogP contribution in [0.25, 0.3) is 0 Å². The van der Waals surface area contributed by atoms with Crippen LogP contribution in [0.15, 0.2) is 53.0 Å². The number of anilines is 1. The number of halogens is 2. The zero-order chi connectivity index (χ0) is 18.0. The third-order valence-electron chi connectivity index (χ3n) is 4.34. The van der Waals surface area contributed by atoms with Gasteiger partial charge in [-0.25, -0.2) is 4.39 Å². The summed E-state index contributed by atoms with van der Waals surface area (Å²) in [5.41, 5.74) is 1.22. The lowest BCUT2D eigenvalue weighted by Crippen LogP contribution is -2.38. The molecule has 0 unspecified atom stereocenters. The minimum atomic E-state index is -0.753. The Morgan fingerprint density at radius 2 is 2.00 bits per heavy atom. The average Bonchev–Trinajstić information content (AvgIpc) is 2.96. The number of rotatable bonds is 4. The molecule has 2 amide bonds. The van der Waals surface area contributed by atoms with Gasteiger partial charge in [0.1, 0.15) is 11.7 Å². The number of carbonyl (C=O) groups excluding carboxylic acids is 2. The number of hydrogen-bond acceptors (Lipinski definition) is 2. The van der Waals surface area contributed by atoms with Crippen LogP contribution in [0.3, 0.4) is 0 Å². The zero-order valence-corrected chi connectivity index (χ0v) is 15.4. The highest BCUT2D eigenvalue weighted by molar-refractivity contribution is 9.10. The van der Waals surface area contributed by atoms with Crippen LogP contribution < -0.4 is 4.90 Å². The van der Waals surface area contributed by atoms with Crippen LogP contribution in [0.2, 0.25) is 0 Å². The molecule has 1 aliphatic rings. The van der Waals surface area contributed by atoms with E-state index >= 15 is 0 Å². The van der Waals surface area contributed by atoms with E-state index < -0.39 is 11.7 Å². The van der Waals surface area contributed by atoms with E-state index in [-0.39, 0.29) is 17.5 Å². The molecular weight excluding hydrogens is 387 g/mol. The van der Waals surface area contributed by atoms with Crippen molar-refractivity contribution in [2.45, 2.75) is 13.0 Å². The number of benzene rings is 2. The van der Waals surface area contributed by atoms with E-state index in [1.807, 2.05) is 30.3 Å². The van der Waals surface area contributed by atoms with Crippen molar-refractivity contribution in [3.63, 3.8) is 0 Å². The molecule has 1 fully saturated rings. The lowest BCUT2D eigenvalue weighted by atomic mass is 10.1. The van der Waals surface area contributed by atoms with Crippen LogP contribution >= 0.6 is 15.9 Å². The second-order valence-corrected chi connectivity index (χ2v) is 7.02. The van der Waals surface area contributed by atoms with Crippen LogP contribution in [-0.4, -0.2) is 30.3 Å². The minimum absolute atomic E-state index is 0.217. The number of nitrogens with zero attached hydrogens (tertiary/aromatic N) is 2. The predicted molar refractivity (Wildman–Crippen MR) is 97.5 cm³/mol. The van der Waals surface area contributed by atoms with E-state index in [1.165, 1.54) is 11.0 Å². The van der Waals surface area contributed by atoms with Gasteiger partial charge in [0.2, 0.25) is 11.8 Å². The van der Waals surface area contributed by atoms with Gasteiger partial charge in [-0.1, -0.05) is 46.3 Å². The first kappa shape index (κ1) is 17.6. The Hall–Kier alpha value is -2.21. The summed E-state index contributed by atoms with van der Waals surface area (Å²) in [5.74, 6) is -1.80. The SMILES string of the molecule is CN(Cc1ccccc1)C(=O)[C@@H]1CCN(c2ccc(Br)cc2F)C1=O. The van der Waals surface area contributed by atoms with Gasteiger partial charge >= 0.3 is 0 Å². The second kappa shape index (κ2) is 7.35. The van der Waals surface area contributed by atoms with Gasteiger partial charge in [-0.3, -0.25) is 9.59 Å². The molecule has 0 spiro atoms. The van der Waals surface area contributed by atoms with Crippen molar-refractivity contribution in [2.24, 2.45) is 5.92 Å². The summed E-state index contributed by atoms with van der Waals surface area (Å²) in [6.07, 6.45) is 0.395. The molecule has 1 saturated heterocycles. The summed E-state index contributed by atoms with van der Waals surface area (Å²) in [6.45, 7) is 0.781. The van der Waals surface area contributed by atoms with E-state index in [2.05, 4.69) is 15.9 Å². The van der Waals surface area contributed by atoms with Gasteiger partial charge in [-0.15, -0.1) is 0 Å². The largest absolute Gasteiger partial charge is 0.341 e. The Morgan fingerprint density at radius 1 is 1.28 bits per heavy atom. The maximum absolute atomic E-state index is 14.1. The van der Waals surface area contributed by atoms with E-state index in [0.717, 1.165) is 5.56 Å². The highest BCUT2D eigenvalue weighted by Crippen LogP contribution is 2.30. The monoisotopic (exact) mass is 404 g/mol. The average molecular weight is 405 g/mol. The molecule has 130 valence electrons. The number of amides is 2. The lowest BCUT2D eigenvalue weighted by Gasteiger charge is -2.21. The van der Waals surface area contributed by atoms with Gasteiger partial charge in [0.25, 0.3) is 0 Å². The summed E-state index contributed by atoms with van der Waals surface area (Å²) in [7, 11) is 1.69. The smallest absolute Gasteiger partial charge is 0.239 e. The van der Waals surface area contributed by atoms with E-state index in [0.29, 0.717) is 24.0 Å². The van der Waals surface area contributed by atoms with Crippen molar-refractivity contribution in [1.29, 1.82) is 0 Å². The summed E-state index contributed by atoms with van der Waals surface area (Å²) < 4.78 is 14.7. The second-order valence-electron chi connectivity index (χ2n) is 6.11. The fraction of sp³-hybridized carbons (Fsp3) is 0.263. The van der Waals surface area contributed by atoms with Crippen LogP contribution in [0.1, 0.15) is 12.0 Å². The van der Waals surface area contributed by atoms with E-state index in [4.69, 9.17) is 0 Å². The third-order valence-corrected chi connectivity index (χ3v) is 4.84. The molecule has 2 aromatic rings. The number of hydrogen-bond donors (Lipinski definition) is 0. The topological polar surface area (TPSA) is 40.6 Å². The van der Waals surface area contributed by atoms with Gasteiger partial charge in [0, 0.05) is 24.6 Å². The first-order valence-electron chi connectivity index (χ1n) is 8.02. The molecule has 0 saturated carbocycles. The third kappa shape index (κ3) is 3.74. The highest BCUT2D eigenvalue weighted by Gasteiger charge is 2.39. The van der Waals surface area contributed by atoms with Crippen molar-refractivity contribution in [3.05, 3.63) is 64.4 Å². The molecule has 0 aliphatic carbocycles. The Kier molecular flexibility index (Phi) is 5.18. The minimum Gasteiger partial charge on any atom is -0.341 e. The highest BCUT2D eigenvalue weighted by atomic mass is 79.9. The fourth-order valence-corrected chi connectivity index (χ4v) is 3.38. The van der Waals surface area contributed by atoms with Crippen LogP contribution in [0.5, 0.6) is 0 Å². The van der Waals surface area contributed by atoms with Gasteiger partial charge in [-0.2, -0.15) is 0 Å². The van der Waals surface area contributed by atoms with Crippen molar-refractivity contribution >= 4 is 33.4 Å². The van der Waals surface area contributed by atoms with Gasteiger partial charge in [0.15, 0.2) is 0 Å². The molecule has 1 atom stereocenters. The first-order chi connectivity index (χ1) is 12.0. The van der Waals surface area contributed by atoms with Crippen LogP contribution in [0, 0.1) is 11.7 Å². The van der Waals surface area contributed by atoms with Crippen molar-refractivity contribution in [3.8, 4) is 0 Å². The Morgan fingerprint density at radius 3 is 2.68 bits per heavy atom. The van der Waals surface area contributed by atoms with Gasteiger partial charge < -0.3 is 9.80 Å². The standard InChI is InChI=1S/C19H18BrFN2O2/c1-22(12-13-5-3-2-4-6-13)18(24)15-9-10-23(19(15)25)17-8-7-14(20)11-16(17)21/h2-8,11,15H,9-10,12H2,1H3/t15-/m0/s1. The molecule has 2 aromatic carbocycles. The van der Waals surface area contributed by atoms with Gasteiger partial charge in [0.05, 0.1) is 5.69 Å². The molecule has 0 bridgehead atoms.